The summed E-state index contributed by atoms with van der Waals surface area (Å²) in [6, 6.07) is 7.63. The number of carbonyl (C=O) groups excluding carboxylic acids is 4. The maximum Gasteiger partial charge on any atom is 0.419 e. The van der Waals surface area contributed by atoms with Crippen molar-refractivity contribution >= 4 is 69.2 Å². The SMILES string of the molecule is C[C@@H]1C[C@@H](CCC[C@H]2CC[C@H](N3C(=S)N(c4cnc(C#N)c(C(F)(F)F)c4)C(=O)C3(C)C)CC2)C[C@H](C)N1CC(=O)Nc1cccc2c(N3CCC(=O)NC3=O)nn(C)c12. The van der Waals surface area contributed by atoms with Gasteiger partial charge in [0.05, 0.1) is 35.2 Å². The smallest absolute Gasteiger partial charge is 0.331 e. The Labute approximate surface area is 352 Å². The Morgan fingerprint density at radius 2 is 1.75 bits per heavy atom. The molecule has 4 fully saturated rings. The number of alkyl halides is 3. The van der Waals surface area contributed by atoms with Crippen LogP contribution in [0.2, 0.25) is 0 Å². The Morgan fingerprint density at radius 1 is 1.07 bits per heavy atom. The minimum atomic E-state index is -4.81. The molecule has 18 heteroatoms. The molecule has 0 bridgehead atoms. The second-order valence-corrected chi connectivity index (χ2v) is 17.7. The fourth-order valence-electron chi connectivity index (χ4n) is 9.97. The average molecular weight is 849 g/mol. The number of thiocarbonyl (C=S) groups is 1. The van der Waals surface area contributed by atoms with E-state index >= 15 is 0 Å². The lowest BCUT2D eigenvalue weighted by Gasteiger charge is -2.42. The van der Waals surface area contributed by atoms with Crippen molar-refractivity contribution in [2.45, 2.75) is 122 Å². The molecule has 320 valence electrons. The van der Waals surface area contributed by atoms with Gasteiger partial charge in [-0.3, -0.25) is 39.1 Å². The zero-order valence-corrected chi connectivity index (χ0v) is 35.3. The number of carbonyl (C=O) groups is 4. The fraction of sp³-hybridized carbons (Fsp3) is 0.571. The first kappa shape index (κ1) is 43.0. The van der Waals surface area contributed by atoms with Crippen LogP contribution in [0.25, 0.3) is 10.9 Å². The number of aromatic nitrogens is 3. The van der Waals surface area contributed by atoms with Crippen LogP contribution < -0.4 is 20.4 Å². The predicted octanol–water partition coefficient (Wildman–Crippen LogP) is 6.87. The molecule has 60 heavy (non-hydrogen) atoms. The number of hydrogen-bond donors (Lipinski definition) is 2. The zero-order chi connectivity index (χ0) is 43.3. The number of likely N-dealkylation sites (tertiary alicyclic amines) is 1. The molecule has 7 rings (SSSR count). The zero-order valence-electron chi connectivity index (χ0n) is 34.5. The Kier molecular flexibility index (Phi) is 12.0. The number of nitriles is 1. The first-order chi connectivity index (χ1) is 28.4. The van der Waals surface area contributed by atoms with Crippen LogP contribution in [-0.2, 0) is 27.6 Å². The van der Waals surface area contributed by atoms with Crippen LogP contribution in [0.3, 0.4) is 0 Å². The number of pyridine rings is 1. The highest BCUT2D eigenvalue weighted by molar-refractivity contribution is 7.80. The van der Waals surface area contributed by atoms with Gasteiger partial charge in [-0.05, 0) is 108 Å². The van der Waals surface area contributed by atoms with E-state index in [-0.39, 0.29) is 60.3 Å². The average Bonchev–Trinajstić information content (AvgIpc) is 3.61. The molecule has 4 aliphatic rings. The molecular formula is C42H51F3N10O4S. The second kappa shape index (κ2) is 16.7. The van der Waals surface area contributed by atoms with Crippen molar-refractivity contribution in [3.05, 3.63) is 41.7 Å². The van der Waals surface area contributed by atoms with Gasteiger partial charge in [0.2, 0.25) is 11.8 Å². The highest BCUT2D eigenvalue weighted by Crippen LogP contribution is 2.42. The number of para-hydroxylation sites is 1. The summed E-state index contributed by atoms with van der Waals surface area (Å²) in [6.07, 6.45) is 5.32. The largest absolute Gasteiger partial charge is 0.419 e. The number of halogens is 3. The Bertz CT molecular complexity index is 2240. The number of hydrogen-bond acceptors (Lipinski definition) is 9. The topological polar surface area (TPSA) is 160 Å². The Hall–Kier alpha value is -5.15. The molecule has 14 nitrogen and oxygen atoms in total. The third-order valence-corrected chi connectivity index (χ3v) is 13.3. The van der Waals surface area contributed by atoms with E-state index in [1.54, 1.807) is 25.6 Å². The number of urea groups is 1. The summed E-state index contributed by atoms with van der Waals surface area (Å²) in [5.74, 6) is 0.635. The van der Waals surface area contributed by atoms with Crippen molar-refractivity contribution in [1.29, 1.82) is 5.26 Å². The number of piperidine rings is 1. The van der Waals surface area contributed by atoms with Crippen LogP contribution in [0.1, 0.15) is 103 Å². The van der Waals surface area contributed by atoms with E-state index in [0.29, 0.717) is 34.2 Å². The summed E-state index contributed by atoms with van der Waals surface area (Å²) >= 11 is 5.76. The normalized spacial score (nSPS) is 25.2. The number of nitrogens with zero attached hydrogens (tertiary/aromatic N) is 8. The maximum absolute atomic E-state index is 13.7. The number of aryl methyl sites for hydroxylation is 1. The minimum absolute atomic E-state index is 0.0280. The van der Waals surface area contributed by atoms with Crippen LogP contribution >= 0.6 is 12.2 Å². The summed E-state index contributed by atoms with van der Waals surface area (Å²) in [6.45, 7) is 8.33. The second-order valence-electron chi connectivity index (χ2n) is 17.3. The van der Waals surface area contributed by atoms with Crippen LogP contribution in [-0.4, -0.2) is 90.2 Å². The lowest BCUT2D eigenvalue weighted by molar-refractivity contribution is -0.138. The van der Waals surface area contributed by atoms with Crippen LogP contribution in [0, 0.1) is 23.2 Å². The summed E-state index contributed by atoms with van der Waals surface area (Å²) < 4.78 is 42.8. The number of anilines is 3. The summed E-state index contributed by atoms with van der Waals surface area (Å²) in [7, 11) is 1.76. The first-order valence-electron chi connectivity index (χ1n) is 20.7. The molecule has 0 unspecified atom stereocenters. The summed E-state index contributed by atoms with van der Waals surface area (Å²) in [5, 5.41) is 20.0. The van der Waals surface area contributed by atoms with Gasteiger partial charge in [-0.1, -0.05) is 25.3 Å². The number of rotatable bonds is 10. The van der Waals surface area contributed by atoms with E-state index in [9.17, 15) is 37.6 Å². The molecule has 3 aromatic rings. The molecule has 2 N–H and O–H groups in total. The van der Waals surface area contributed by atoms with Crippen molar-refractivity contribution in [1.82, 2.24) is 29.9 Å². The molecule has 5 amide bonds. The third-order valence-electron chi connectivity index (χ3n) is 12.9. The number of amides is 5. The van der Waals surface area contributed by atoms with Crippen molar-refractivity contribution in [2.75, 3.05) is 28.2 Å². The van der Waals surface area contributed by atoms with E-state index in [2.05, 4.69) is 39.5 Å². The van der Waals surface area contributed by atoms with Gasteiger partial charge in [-0.25, -0.2) is 9.78 Å². The minimum Gasteiger partial charge on any atom is -0.331 e. The predicted molar refractivity (Wildman–Crippen MR) is 223 cm³/mol. The van der Waals surface area contributed by atoms with Gasteiger partial charge in [-0.2, -0.15) is 23.5 Å². The van der Waals surface area contributed by atoms with Gasteiger partial charge in [-0.15, -0.1) is 0 Å². The molecule has 3 aliphatic heterocycles. The van der Waals surface area contributed by atoms with Gasteiger partial charge in [0.1, 0.15) is 11.6 Å². The molecular weight excluding hydrogens is 798 g/mol. The highest BCUT2D eigenvalue weighted by Gasteiger charge is 2.53. The van der Waals surface area contributed by atoms with Crippen LogP contribution in [0.4, 0.5) is 35.2 Å². The standard InChI is InChI=1S/C42H51F3N10O4S/c1-24-18-27(19-25(2)53(24)23-35(57)48-32-11-7-10-30-36(32)51(5)50-37(30)52-17-16-34(56)49-39(52)59)9-6-8-26-12-14-28(15-13-26)55-40(60)54(38(58)41(55,3)4)29-20-31(42(43,44)45)33(21-46)47-22-29/h7,10-11,20,22,24-28H,6,8-9,12-19,23H2,1-5H3,(H,48,57)(H,49,56,59)/t24-,25+,26-,27-,28-. The fourth-order valence-corrected chi connectivity index (χ4v) is 10.5. The van der Waals surface area contributed by atoms with Gasteiger partial charge >= 0.3 is 12.2 Å². The van der Waals surface area contributed by atoms with E-state index in [4.69, 9.17) is 12.2 Å². The lowest BCUT2D eigenvalue weighted by atomic mass is 9.79. The maximum atomic E-state index is 13.7. The van der Waals surface area contributed by atoms with Crippen molar-refractivity contribution in [2.24, 2.45) is 18.9 Å². The molecule has 0 spiro atoms. The number of fused-ring (bicyclic) bond motifs is 1. The number of benzene rings is 1. The van der Waals surface area contributed by atoms with Crippen molar-refractivity contribution in [3.63, 3.8) is 0 Å². The van der Waals surface area contributed by atoms with Gasteiger partial charge in [0.15, 0.2) is 16.6 Å². The molecule has 3 saturated heterocycles. The van der Waals surface area contributed by atoms with Crippen LogP contribution in [0.5, 0.6) is 0 Å². The van der Waals surface area contributed by atoms with Crippen molar-refractivity contribution < 1.29 is 32.3 Å². The molecule has 2 aromatic heterocycles. The highest BCUT2D eigenvalue weighted by atomic mass is 32.1. The number of imide groups is 1. The molecule has 1 aliphatic carbocycles. The van der Waals surface area contributed by atoms with Crippen LogP contribution in [0.15, 0.2) is 30.5 Å². The summed E-state index contributed by atoms with van der Waals surface area (Å²) in [5.41, 5.74) is -1.83. The number of nitrogens with one attached hydrogen (secondary N) is 2. The lowest BCUT2D eigenvalue weighted by Crippen LogP contribution is -2.51. The Morgan fingerprint density at radius 3 is 2.40 bits per heavy atom. The molecule has 0 radical (unpaired) electrons. The Balaban J connectivity index is 0.884. The van der Waals surface area contributed by atoms with E-state index in [1.807, 2.05) is 23.1 Å². The van der Waals surface area contributed by atoms with E-state index in [1.165, 1.54) is 11.0 Å². The van der Waals surface area contributed by atoms with Gasteiger partial charge < -0.3 is 10.2 Å². The third kappa shape index (κ3) is 8.30. The molecule has 3 atom stereocenters. The summed E-state index contributed by atoms with van der Waals surface area (Å²) in [4.78, 5) is 61.8. The molecule has 5 heterocycles. The van der Waals surface area contributed by atoms with Crippen molar-refractivity contribution in [3.8, 4) is 6.07 Å². The quantitative estimate of drug-likeness (QED) is 0.206. The first-order valence-corrected chi connectivity index (χ1v) is 21.1. The van der Waals surface area contributed by atoms with Gasteiger partial charge in [0.25, 0.3) is 5.91 Å². The van der Waals surface area contributed by atoms with E-state index < -0.39 is 34.9 Å². The van der Waals surface area contributed by atoms with Gasteiger partial charge in [0, 0.05) is 43.5 Å². The molecule has 1 aromatic carbocycles. The molecule has 1 saturated carbocycles. The van der Waals surface area contributed by atoms with E-state index in [0.717, 1.165) is 75.0 Å². The monoisotopic (exact) mass is 848 g/mol.